The van der Waals surface area contributed by atoms with Gasteiger partial charge in [-0.2, -0.15) is 16.5 Å². The molecule has 1 amide bonds. The summed E-state index contributed by atoms with van der Waals surface area (Å²) in [6, 6.07) is 11.8. The van der Waals surface area contributed by atoms with Gasteiger partial charge in [-0.3, -0.25) is 4.79 Å². The number of likely N-dealkylation sites (tertiary alicyclic amines) is 1. The number of piperidine rings is 1. The molecule has 33 heavy (non-hydrogen) atoms. The van der Waals surface area contributed by atoms with Gasteiger partial charge in [-0.25, -0.2) is 17.8 Å². The van der Waals surface area contributed by atoms with Crippen LogP contribution in [-0.4, -0.2) is 55.3 Å². The van der Waals surface area contributed by atoms with E-state index in [1.807, 2.05) is 30.5 Å². The highest BCUT2D eigenvalue weighted by atomic mass is 32.2. The number of aromatic nitrogens is 1. The zero-order valence-corrected chi connectivity index (χ0v) is 19.9. The van der Waals surface area contributed by atoms with E-state index in [4.69, 9.17) is 4.42 Å². The molecule has 176 valence electrons. The van der Waals surface area contributed by atoms with Gasteiger partial charge in [0, 0.05) is 19.0 Å². The molecule has 1 unspecified atom stereocenters. The SMILES string of the molecule is CSCCC(NS(=O)(=O)c1ccccc1F)C(=O)N1CCC(c2nc3ccccc3o2)CC1. The zero-order valence-electron chi connectivity index (χ0n) is 18.2. The van der Waals surface area contributed by atoms with Gasteiger partial charge in [0.2, 0.25) is 15.9 Å². The summed E-state index contributed by atoms with van der Waals surface area (Å²) in [6.07, 6.45) is 3.55. The molecular formula is C23H26FN3O4S2. The standard InChI is InChI=1S/C23H26FN3O4S2/c1-32-15-12-19(26-33(29,30)21-9-5-2-6-17(21)24)23(28)27-13-10-16(11-14-27)22-25-18-7-3-4-8-20(18)31-22/h2-9,16,19,26H,10-15H2,1H3. The minimum Gasteiger partial charge on any atom is -0.440 e. The first kappa shape index (κ1) is 23.7. The van der Waals surface area contributed by atoms with Crippen molar-refractivity contribution in [3.63, 3.8) is 0 Å². The average Bonchev–Trinajstić information content (AvgIpc) is 3.26. The Labute approximate surface area is 196 Å². The van der Waals surface area contributed by atoms with Crippen molar-refractivity contribution < 1.29 is 22.0 Å². The molecule has 3 aromatic rings. The Hall–Kier alpha value is -2.43. The summed E-state index contributed by atoms with van der Waals surface area (Å²) in [4.78, 5) is 19.0. The molecule has 1 aliphatic heterocycles. The van der Waals surface area contributed by atoms with Gasteiger partial charge in [0.25, 0.3) is 0 Å². The molecule has 2 aromatic carbocycles. The van der Waals surface area contributed by atoms with Crippen molar-refractivity contribution in [3.05, 3.63) is 60.2 Å². The summed E-state index contributed by atoms with van der Waals surface area (Å²) >= 11 is 1.52. The number of amides is 1. The summed E-state index contributed by atoms with van der Waals surface area (Å²) in [5.74, 6) is 0.221. The summed E-state index contributed by atoms with van der Waals surface area (Å²) in [5.41, 5.74) is 1.55. The van der Waals surface area contributed by atoms with Crippen LogP contribution >= 0.6 is 11.8 Å². The number of thioether (sulfide) groups is 1. The number of halogens is 1. The number of hydrogen-bond acceptors (Lipinski definition) is 6. The minimum absolute atomic E-state index is 0.0983. The Morgan fingerprint density at radius 2 is 1.91 bits per heavy atom. The lowest BCUT2D eigenvalue weighted by atomic mass is 9.96. The van der Waals surface area contributed by atoms with Crippen LogP contribution in [0.5, 0.6) is 0 Å². The zero-order chi connectivity index (χ0) is 23.4. The molecule has 0 spiro atoms. The Balaban J connectivity index is 1.44. The van der Waals surface area contributed by atoms with Crippen LogP contribution in [0.4, 0.5) is 4.39 Å². The average molecular weight is 492 g/mol. The molecule has 0 aliphatic carbocycles. The Kier molecular flexibility index (Phi) is 7.35. The van der Waals surface area contributed by atoms with E-state index in [1.165, 1.54) is 30.0 Å². The number of para-hydroxylation sites is 2. The van der Waals surface area contributed by atoms with E-state index in [9.17, 15) is 17.6 Å². The normalized spacial score (nSPS) is 16.2. The number of fused-ring (bicyclic) bond motifs is 1. The second-order valence-electron chi connectivity index (χ2n) is 8.01. The fourth-order valence-corrected chi connectivity index (χ4v) is 5.79. The molecule has 0 saturated carbocycles. The fourth-order valence-electron chi connectivity index (χ4n) is 4.01. The highest BCUT2D eigenvalue weighted by molar-refractivity contribution is 7.98. The van der Waals surface area contributed by atoms with Crippen LogP contribution in [0.15, 0.2) is 57.8 Å². The van der Waals surface area contributed by atoms with E-state index in [-0.39, 0.29) is 11.8 Å². The molecule has 1 N–H and O–H groups in total. The number of hydrogen-bond donors (Lipinski definition) is 1. The maximum atomic E-state index is 14.1. The van der Waals surface area contributed by atoms with Crippen molar-refractivity contribution in [2.75, 3.05) is 25.1 Å². The van der Waals surface area contributed by atoms with E-state index in [2.05, 4.69) is 9.71 Å². The van der Waals surface area contributed by atoms with Gasteiger partial charge in [0.1, 0.15) is 22.3 Å². The maximum absolute atomic E-state index is 14.1. The molecule has 4 rings (SSSR count). The monoisotopic (exact) mass is 491 g/mol. The van der Waals surface area contributed by atoms with Crippen LogP contribution in [0.2, 0.25) is 0 Å². The molecule has 2 heterocycles. The first-order valence-electron chi connectivity index (χ1n) is 10.8. The lowest BCUT2D eigenvalue weighted by Gasteiger charge is -2.33. The third kappa shape index (κ3) is 5.39. The molecule has 1 aromatic heterocycles. The first-order chi connectivity index (χ1) is 15.9. The third-order valence-electron chi connectivity index (χ3n) is 5.80. The van der Waals surface area contributed by atoms with Crippen LogP contribution in [-0.2, 0) is 14.8 Å². The van der Waals surface area contributed by atoms with Crippen molar-refractivity contribution >= 4 is 38.8 Å². The number of sulfonamides is 1. The summed E-state index contributed by atoms with van der Waals surface area (Å²) < 4.78 is 48.0. The van der Waals surface area contributed by atoms with Gasteiger partial charge in [-0.05, 0) is 55.5 Å². The van der Waals surface area contributed by atoms with Gasteiger partial charge in [-0.15, -0.1) is 0 Å². The number of oxazole rings is 1. The van der Waals surface area contributed by atoms with Crippen LogP contribution in [0.1, 0.15) is 31.1 Å². The molecule has 0 bridgehead atoms. The highest BCUT2D eigenvalue weighted by Crippen LogP contribution is 2.30. The Bertz CT molecular complexity index is 1190. The van der Waals surface area contributed by atoms with Crippen LogP contribution in [0.3, 0.4) is 0 Å². The van der Waals surface area contributed by atoms with Crippen LogP contribution < -0.4 is 4.72 Å². The smallest absolute Gasteiger partial charge is 0.244 e. The summed E-state index contributed by atoms with van der Waals surface area (Å²) in [6.45, 7) is 0.943. The molecule has 1 aliphatic rings. The molecule has 0 radical (unpaired) electrons. The summed E-state index contributed by atoms with van der Waals surface area (Å²) in [5, 5.41) is 0. The van der Waals surface area contributed by atoms with E-state index in [0.29, 0.717) is 44.0 Å². The van der Waals surface area contributed by atoms with Crippen molar-refractivity contribution in [2.24, 2.45) is 0 Å². The number of nitrogens with one attached hydrogen (secondary N) is 1. The number of carbonyl (C=O) groups excluding carboxylic acids is 1. The molecule has 7 nitrogen and oxygen atoms in total. The third-order valence-corrected chi connectivity index (χ3v) is 7.95. The lowest BCUT2D eigenvalue weighted by molar-refractivity contribution is -0.134. The predicted octanol–water partition coefficient (Wildman–Crippen LogP) is 3.77. The van der Waals surface area contributed by atoms with E-state index >= 15 is 0 Å². The van der Waals surface area contributed by atoms with Gasteiger partial charge in [0.15, 0.2) is 11.5 Å². The Morgan fingerprint density at radius 1 is 1.21 bits per heavy atom. The molecule has 1 atom stereocenters. The van der Waals surface area contributed by atoms with E-state index in [1.54, 1.807) is 4.90 Å². The van der Waals surface area contributed by atoms with E-state index in [0.717, 1.165) is 17.2 Å². The quantitative estimate of drug-likeness (QED) is 0.516. The first-order valence-corrected chi connectivity index (χ1v) is 13.7. The second kappa shape index (κ2) is 10.2. The number of carbonyl (C=O) groups is 1. The van der Waals surface area contributed by atoms with Gasteiger partial charge in [0.05, 0.1) is 0 Å². The number of benzene rings is 2. The molecule has 1 fully saturated rings. The molecule has 1 saturated heterocycles. The van der Waals surface area contributed by atoms with Crippen LogP contribution in [0.25, 0.3) is 11.1 Å². The predicted molar refractivity (Wildman–Crippen MR) is 126 cm³/mol. The van der Waals surface area contributed by atoms with Crippen LogP contribution in [0, 0.1) is 5.82 Å². The largest absolute Gasteiger partial charge is 0.440 e. The summed E-state index contributed by atoms with van der Waals surface area (Å²) in [7, 11) is -4.18. The van der Waals surface area contributed by atoms with Crippen molar-refractivity contribution in [1.82, 2.24) is 14.6 Å². The molecular weight excluding hydrogens is 465 g/mol. The Morgan fingerprint density at radius 3 is 2.61 bits per heavy atom. The van der Waals surface area contributed by atoms with Crippen molar-refractivity contribution in [1.29, 1.82) is 0 Å². The maximum Gasteiger partial charge on any atom is 0.244 e. The lowest BCUT2D eigenvalue weighted by Crippen LogP contribution is -2.50. The van der Waals surface area contributed by atoms with Gasteiger partial charge in [-0.1, -0.05) is 24.3 Å². The topological polar surface area (TPSA) is 92.5 Å². The fraction of sp³-hybridized carbons (Fsp3) is 0.391. The molecule has 10 heteroatoms. The number of rotatable bonds is 8. The second-order valence-corrected chi connectivity index (χ2v) is 10.7. The van der Waals surface area contributed by atoms with E-state index < -0.39 is 26.8 Å². The van der Waals surface area contributed by atoms with Crippen molar-refractivity contribution in [2.45, 2.75) is 36.1 Å². The number of nitrogens with zero attached hydrogens (tertiary/aromatic N) is 2. The minimum atomic E-state index is -4.18. The van der Waals surface area contributed by atoms with Gasteiger partial charge >= 0.3 is 0 Å². The van der Waals surface area contributed by atoms with Gasteiger partial charge < -0.3 is 9.32 Å². The van der Waals surface area contributed by atoms with Crippen molar-refractivity contribution in [3.8, 4) is 0 Å². The highest BCUT2D eigenvalue weighted by Gasteiger charge is 2.33.